The van der Waals surface area contributed by atoms with E-state index in [2.05, 4.69) is 23.3 Å². The molecule has 5 heteroatoms. The van der Waals surface area contributed by atoms with Gasteiger partial charge in [0, 0.05) is 7.11 Å². The van der Waals surface area contributed by atoms with Gasteiger partial charge in [0.2, 0.25) is 0 Å². The van der Waals surface area contributed by atoms with Crippen molar-refractivity contribution in [2.75, 3.05) is 19.5 Å². The largest absolute Gasteiger partial charge is 0.384 e. The molecule has 2 rings (SSSR count). The normalized spacial score (nSPS) is 10.8. The van der Waals surface area contributed by atoms with Gasteiger partial charge in [-0.25, -0.2) is 4.68 Å². The van der Waals surface area contributed by atoms with E-state index in [1.54, 1.807) is 7.11 Å². The average molecular weight is 260 g/mol. The lowest BCUT2D eigenvalue weighted by molar-refractivity contribution is 0.202. The molecule has 0 saturated carbocycles. The van der Waals surface area contributed by atoms with Gasteiger partial charge in [-0.05, 0) is 24.5 Å². The number of methoxy groups -OCH3 is 1. The van der Waals surface area contributed by atoms with E-state index >= 15 is 0 Å². The van der Waals surface area contributed by atoms with Gasteiger partial charge in [-0.1, -0.05) is 36.8 Å². The minimum absolute atomic E-state index is 0.517. The number of para-hydroxylation sites is 1. The first-order valence-corrected chi connectivity index (χ1v) is 6.55. The van der Waals surface area contributed by atoms with Crippen molar-refractivity contribution in [1.82, 2.24) is 15.0 Å². The standard InChI is InChI=1S/C14H20N4O/c1-3-6-13-14(15)16-17-18(13)12-8-5-4-7-11(12)9-10-19-2/h4-5,7-8H,3,6,9-10,15H2,1-2H3. The zero-order valence-corrected chi connectivity index (χ0v) is 11.5. The minimum atomic E-state index is 0.517. The Kier molecular flexibility index (Phi) is 4.52. The third kappa shape index (κ3) is 2.93. The summed E-state index contributed by atoms with van der Waals surface area (Å²) in [7, 11) is 1.71. The Balaban J connectivity index is 2.40. The number of aromatic nitrogens is 3. The number of nitrogens with two attached hydrogens (primary N) is 1. The first-order valence-electron chi connectivity index (χ1n) is 6.55. The lowest BCUT2D eigenvalue weighted by Crippen LogP contribution is -2.08. The molecule has 1 aromatic heterocycles. The highest BCUT2D eigenvalue weighted by Crippen LogP contribution is 2.20. The number of nitrogens with zero attached hydrogens (tertiary/aromatic N) is 3. The summed E-state index contributed by atoms with van der Waals surface area (Å²) in [6.45, 7) is 2.80. The van der Waals surface area contributed by atoms with Gasteiger partial charge in [-0.15, -0.1) is 5.10 Å². The number of hydrogen-bond donors (Lipinski definition) is 1. The minimum Gasteiger partial charge on any atom is -0.384 e. The van der Waals surface area contributed by atoms with Crippen LogP contribution in [0.15, 0.2) is 24.3 Å². The van der Waals surface area contributed by atoms with Crippen molar-refractivity contribution >= 4 is 5.82 Å². The molecule has 0 bridgehead atoms. The molecule has 0 aliphatic carbocycles. The van der Waals surface area contributed by atoms with Crippen LogP contribution in [0.4, 0.5) is 5.82 Å². The van der Waals surface area contributed by atoms with Crippen LogP contribution in [0.5, 0.6) is 0 Å². The lowest BCUT2D eigenvalue weighted by atomic mass is 10.1. The molecule has 0 aliphatic heterocycles. The van der Waals surface area contributed by atoms with E-state index in [1.165, 1.54) is 5.56 Å². The topological polar surface area (TPSA) is 66.0 Å². The Labute approximate surface area is 113 Å². The van der Waals surface area contributed by atoms with Gasteiger partial charge in [0.15, 0.2) is 5.82 Å². The van der Waals surface area contributed by atoms with Crippen molar-refractivity contribution in [2.45, 2.75) is 26.2 Å². The second-order valence-electron chi connectivity index (χ2n) is 4.45. The predicted octanol–water partition coefficient (Wildman–Crippen LogP) is 1.99. The predicted molar refractivity (Wildman–Crippen MR) is 75.3 cm³/mol. The third-order valence-corrected chi connectivity index (χ3v) is 3.08. The summed E-state index contributed by atoms with van der Waals surface area (Å²) in [6.07, 6.45) is 2.73. The fourth-order valence-electron chi connectivity index (χ4n) is 2.12. The fourth-order valence-corrected chi connectivity index (χ4v) is 2.12. The van der Waals surface area contributed by atoms with Crippen molar-refractivity contribution in [3.8, 4) is 5.69 Å². The van der Waals surface area contributed by atoms with Crippen molar-refractivity contribution in [3.05, 3.63) is 35.5 Å². The molecule has 2 N–H and O–H groups in total. The van der Waals surface area contributed by atoms with E-state index in [1.807, 2.05) is 22.9 Å². The smallest absolute Gasteiger partial charge is 0.169 e. The molecule has 5 nitrogen and oxygen atoms in total. The van der Waals surface area contributed by atoms with Crippen molar-refractivity contribution in [2.24, 2.45) is 0 Å². The van der Waals surface area contributed by atoms with Crippen LogP contribution in [0.2, 0.25) is 0 Å². The Morgan fingerprint density at radius 1 is 1.26 bits per heavy atom. The summed E-state index contributed by atoms with van der Waals surface area (Å²) in [6, 6.07) is 8.15. The molecule has 0 saturated heterocycles. The Bertz CT molecular complexity index is 536. The molecule has 2 aromatic rings. The second kappa shape index (κ2) is 6.33. The SMILES string of the molecule is CCCc1c(N)nnn1-c1ccccc1CCOC. The molecular formula is C14H20N4O. The van der Waals surface area contributed by atoms with Gasteiger partial charge < -0.3 is 10.5 Å². The molecule has 19 heavy (non-hydrogen) atoms. The van der Waals surface area contributed by atoms with E-state index in [0.717, 1.165) is 30.6 Å². The van der Waals surface area contributed by atoms with E-state index in [4.69, 9.17) is 10.5 Å². The summed E-state index contributed by atoms with van der Waals surface area (Å²) in [5, 5.41) is 8.17. The highest BCUT2D eigenvalue weighted by molar-refractivity contribution is 5.45. The first kappa shape index (κ1) is 13.5. The molecule has 0 atom stereocenters. The second-order valence-corrected chi connectivity index (χ2v) is 4.45. The number of anilines is 1. The molecule has 0 fully saturated rings. The van der Waals surface area contributed by atoms with Crippen molar-refractivity contribution in [1.29, 1.82) is 0 Å². The van der Waals surface area contributed by atoms with Crippen LogP contribution in [0, 0.1) is 0 Å². The van der Waals surface area contributed by atoms with Crippen LogP contribution < -0.4 is 5.73 Å². The molecule has 1 heterocycles. The van der Waals surface area contributed by atoms with Crippen LogP contribution in [0.3, 0.4) is 0 Å². The fraction of sp³-hybridized carbons (Fsp3) is 0.429. The van der Waals surface area contributed by atoms with Gasteiger partial charge in [-0.3, -0.25) is 0 Å². The third-order valence-electron chi connectivity index (χ3n) is 3.08. The van der Waals surface area contributed by atoms with Gasteiger partial charge in [0.1, 0.15) is 0 Å². The highest BCUT2D eigenvalue weighted by atomic mass is 16.5. The molecule has 0 amide bonds. The summed E-state index contributed by atoms with van der Waals surface area (Å²) >= 11 is 0. The number of hydrogen-bond acceptors (Lipinski definition) is 4. The van der Waals surface area contributed by atoms with Gasteiger partial charge >= 0.3 is 0 Å². The van der Waals surface area contributed by atoms with Crippen LogP contribution in [0.25, 0.3) is 5.69 Å². The zero-order valence-electron chi connectivity index (χ0n) is 11.5. The maximum absolute atomic E-state index is 5.90. The summed E-state index contributed by atoms with van der Waals surface area (Å²) in [5.74, 6) is 0.517. The molecule has 0 radical (unpaired) electrons. The number of benzene rings is 1. The number of nitrogen functional groups attached to an aromatic ring is 1. The van der Waals surface area contributed by atoms with Gasteiger partial charge in [0.25, 0.3) is 0 Å². The van der Waals surface area contributed by atoms with Gasteiger partial charge in [-0.2, -0.15) is 0 Å². The van der Waals surface area contributed by atoms with Crippen molar-refractivity contribution in [3.63, 3.8) is 0 Å². The summed E-state index contributed by atoms with van der Waals surface area (Å²) in [4.78, 5) is 0. The average Bonchev–Trinajstić information content (AvgIpc) is 2.79. The Morgan fingerprint density at radius 3 is 2.79 bits per heavy atom. The van der Waals surface area contributed by atoms with Gasteiger partial charge in [0.05, 0.1) is 18.0 Å². The van der Waals surface area contributed by atoms with Crippen LogP contribution in [-0.4, -0.2) is 28.7 Å². The first-order chi connectivity index (χ1) is 9.27. The maximum Gasteiger partial charge on any atom is 0.169 e. The summed E-state index contributed by atoms with van der Waals surface area (Å²) in [5.41, 5.74) is 9.10. The van der Waals surface area contributed by atoms with Crippen LogP contribution in [-0.2, 0) is 17.6 Å². The lowest BCUT2D eigenvalue weighted by Gasteiger charge is -2.11. The van der Waals surface area contributed by atoms with E-state index < -0.39 is 0 Å². The molecular weight excluding hydrogens is 240 g/mol. The highest BCUT2D eigenvalue weighted by Gasteiger charge is 2.13. The van der Waals surface area contributed by atoms with E-state index in [0.29, 0.717) is 12.4 Å². The quantitative estimate of drug-likeness (QED) is 0.862. The molecule has 102 valence electrons. The Morgan fingerprint density at radius 2 is 2.05 bits per heavy atom. The molecule has 0 aliphatic rings. The number of rotatable bonds is 6. The van der Waals surface area contributed by atoms with Crippen LogP contribution in [0.1, 0.15) is 24.6 Å². The Hall–Kier alpha value is -1.88. The van der Waals surface area contributed by atoms with Crippen molar-refractivity contribution < 1.29 is 4.74 Å². The summed E-state index contributed by atoms with van der Waals surface area (Å²) < 4.78 is 7.00. The van der Waals surface area contributed by atoms with E-state index in [9.17, 15) is 0 Å². The molecule has 0 spiro atoms. The van der Waals surface area contributed by atoms with E-state index in [-0.39, 0.29) is 0 Å². The number of ether oxygens (including phenoxy) is 1. The maximum atomic E-state index is 5.90. The van der Waals surface area contributed by atoms with Crippen LogP contribution >= 0.6 is 0 Å². The molecule has 1 aromatic carbocycles. The zero-order chi connectivity index (χ0) is 13.7. The molecule has 0 unspecified atom stereocenters. The monoisotopic (exact) mass is 260 g/mol.